The Hall–Kier alpha value is -1.32. The normalized spacial score (nSPS) is 33.9. The number of allylic oxidation sites excluding steroid dienone is 2. The summed E-state index contributed by atoms with van der Waals surface area (Å²) in [5.74, 6) is -0.123. The number of hydrogen-bond donors (Lipinski definition) is 1. The van der Waals surface area contributed by atoms with Gasteiger partial charge in [-0.15, -0.1) is 0 Å². The molecule has 0 aromatic carbocycles. The number of rotatable bonds is 0. The van der Waals surface area contributed by atoms with E-state index in [1.807, 2.05) is 4.90 Å². The zero-order chi connectivity index (χ0) is 10.4. The highest BCUT2D eigenvalue weighted by Crippen LogP contribution is 2.33. The van der Waals surface area contributed by atoms with E-state index in [9.17, 15) is 9.18 Å². The predicted molar refractivity (Wildman–Crippen MR) is 53.5 cm³/mol. The zero-order valence-corrected chi connectivity index (χ0v) is 8.37. The molecule has 0 spiro atoms. The third kappa shape index (κ3) is 1.20. The quantitative estimate of drug-likeness (QED) is 0.646. The fourth-order valence-electron chi connectivity index (χ4n) is 2.73. The number of hydrogen-bond acceptors (Lipinski definition) is 2. The summed E-state index contributed by atoms with van der Waals surface area (Å²) in [5, 5.41) is 2.89. The molecule has 3 nitrogen and oxygen atoms in total. The van der Waals surface area contributed by atoms with E-state index in [0.717, 1.165) is 19.4 Å². The monoisotopic (exact) mass is 208 g/mol. The van der Waals surface area contributed by atoms with Gasteiger partial charge < -0.3 is 10.2 Å². The maximum atomic E-state index is 13.7. The van der Waals surface area contributed by atoms with Crippen LogP contribution in [-0.4, -0.2) is 29.4 Å². The molecule has 2 saturated heterocycles. The molecule has 1 aliphatic carbocycles. The molecular weight excluding hydrogens is 195 g/mol. The summed E-state index contributed by atoms with van der Waals surface area (Å²) in [6, 6.07) is -0.273. The van der Waals surface area contributed by atoms with Crippen molar-refractivity contribution < 1.29 is 9.18 Å². The molecule has 0 unspecified atom stereocenters. The molecule has 3 aliphatic rings. The van der Waals surface area contributed by atoms with Crippen LogP contribution >= 0.6 is 0 Å². The van der Waals surface area contributed by atoms with Crippen molar-refractivity contribution in [2.45, 2.75) is 31.3 Å². The highest BCUT2D eigenvalue weighted by Gasteiger charge is 2.42. The SMILES string of the molecule is O=C1N[C@H]2CC=CC(F)=C2N2CCC[C@H]12. The fraction of sp³-hybridized carbons (Fsp3) is 0.545. The van der Waals surface area contributed by atoms with Crippen molar-refractivity contribution in [2.24, 2.45) is 0 Å². The summed E-state index contributed by atoms with van der Waals surface area (Å²) in [4.78, 5) is 13.7. The van der Waals surface area contributed by atoms with Crippen LogP contribution in [0.5, 0.6) is 0 Å². The van der Waals surface area contributed by atoms with Crippen molar-refractivity contribution in [1.29, 1.82) is 0 Å². The molecule has 0 aromatic rings. The van der Waals surface area contributed by atoms with Gasteiger partial charge >= 0.3 is 0 Å². The topological polar surface area (TPSA) is 32.3 Å². The Bertz CT molecular complexity index is 375. The Morgan fingerprint density at radius 1 is 1.53 bits per heavy atom. The third-order valence-electron chi connectivity index (χ3n) is 3.39. The van der Waals surface area contributed by atoms with Crippen LogP contribution < -0.4 is 5.32 Å². The first-order valence-electron chi connectivity index (χ1n) is 5.40. The van der Waals surface area contributed by atoms with Crippen molar-refractivity contribution in [1.82, 2.24) is 10.2 Å². The van der Waals surface area contributed by atoms with Gasteiger partial charge in [-0.3, -0.25) is 4.79 Å². The van der Waals surface area contributed by atoms with Crippen molar-refractivity contribution in [3.8, 4) is 0 Å². The summed E-state index contributed by atoms with van der Waals surface area (Å²) >= 11 is 0. The van der Waals surface area contributed by atoms with E-state index in [-0.39, 0.29) is 23.8 Å². The molecular formula is C11H13FN2O. The second-order valence-electron chi connectivity index (χ2n) is 4.28. The summed E-state index contributed by atoms with van der Waals surface area (Å²) in [7, 11) is 0. The van der Waals surface area contributed by atoms with E-state index in [1.165, 1.54) is 6.08 Å². The maximum Gasteiger partial charge on any atom is 0.243 e. The van der Waals surface area contributed by atoms with Crippen molar-refractivity contribution in [2.75, 3.05) is 6.54 Å². The Balaban J connectivity index is 2.03. The average molecular weight is 208 g/mol. The summed E-state index contributed by atoms with van der Waals surface area (Å²) in [5.41, 5.74) is 0.694. The molecule has 0 radical (unpaired) electrons. The molecule has 1 N–H and O–H groups in total. The lowest BCUT2D eigenvalue weighted by molar-refractivity contribution is -0.127. The van der Waals surface area contributed by atoms with Crippen LogP contribution in [0.15, 0.2) is 23.7 Å². The zero-order valence-electron chi connectivity index (χ0n) is 8.37. The van der Waals surface area contributed by atoms with E-state index < -0.39 is 0 Å². The van der Waals surface area contributed by atoms with Gasteiger partial charge in [0.15, 0.2) is 0 Å². The first-order chi connectivity index (χ1) is 7.27. The minimum Gasteiger partial charge on any atom is -0.359 e. The molecule has 2 heterocycles. The molecule has 3 rings (SSSR count). The van der Waals surface area contributed by atoms with Crippen LogP contribution in [0.4, 0.5) is 4.39 Å². The fourth-order valence-corrected chi connectivity index (χ4v) is 2.73. The van der Waals surface area contributed by atoms with Crippen molar-refractivity contribution in [3.63, 3.8) is 0 Å². The van der Waals surface area contributed by atoms with Gasteiger partial charge in [0.1, 0.15) is 11.9 Å². The number of halogens is 1. The van der Waals surface area contributed by atoms with Gasteiger partial charge in [0.05, 0.1) is 11.7 Å². The average Bonchev–Trinajstić information content (AvgIpc) is 2.66. The lowest BCUT2D eigenvalue weighted by Crippen LogP contribution is -2.56. The Labute approximate surface area is 87.6 Å². The van der Waals surface area contributed by atoms with Crippen LogP contribution in [0.3, 0.4) is 0 Å². The van der Waals surface area contributed by atoms with Gasteiger partial charge in [-0.05, 0) is 25.3 Å². The highest BCUT2D eigenvalue weighted by atomic mass is 19.1. The minimum absolute atomic E-state index is 0.0596. The lowest BCUT2D eigenvalue weighted by atomic mass is 9.98. The molecule has 0 aromatic heterocycles. The van der Waals surface area contributed by atoms with E-state index in [4.69, 9.17) is 0 Å². The Morgan fingerprint density at radius 3 is 3.27 bits per heavy atom. The van der Waals surface area contributed by atoms with Crippen molar-refractivity contribution >= 4 is 5.91 Å². The third-order valence-corrected chi connectivity index (χ3v) is 3.39. The van der Waals surface area contributed by atoms with Gasteiger partial charge in [0, 0.05) is 6.54 Å². The maximum absolute atomic E-state index is 13.7. The number of carbonyl (C=O) groups excluding carboxylic acids is 1. The molecule has 0 saturated carbocycles. The van der Waals surface area contributed by atoms with E-state index >= 15 is 0 Å². The summed E-state index contributed by atoms with van der Waals surface area (Å²) in [6.07, 6.45) is 5.82. The van der Waals surface area contributed by atoms with Crippen LogP contribution in [-0.2, 0) is 4.79 Å². The van der Waals surface area contributed by atoms with Gasteiger partial charge in [0.2, 0.25) is 5.91 Å². The molecule has 80 valence electrons. The van der Waals surface area contributed by atoms with E-state index in [1.54, 1.807) is 6.08 Å². The van der Waals surface area contributed by atoms with Gasteiger partial charge in [0.25, 0.3) is 0 Å². The smallest absolute Gasteiger partial charge is 0.243 e. The minimum atomic E-state index is -0.182. The van der Waals surface area contributed by atoms with Crippen LogP contribution in [0, 0.1) is 0 Å². The van der Waals surface area contributed by atoms with E-state index in [0.29, 0.717) is 12.1 Å². The lowest BCUT2D eigenvalue weighted by Gasteiger charge is -2.40. The molecule has 1 amide bonds. The molecule has 2 fully saturated rings. The summed E-state index contributed by atoms with van der Waals surface area (Å²) < 4.78 is 13.7. The van der Waals surface area contributed by atoms with Crippen molar-refractivity contribution in [3.05, 3.63) is 23.7 Å². The first-order valence-corrected chi connectivity index (χ1v) is 5.40. The van der Waals surface area contributed by atoms with E-state index in [2.05, 4.69) is 5.32 Å². The number of amides is 1. The Kier molecular flexibility index (Phi) is 1.84. The van der Waals surface area contributed by atoms with Crippen LogP contribution in [0.25, 0.3) is 0 Å². The van der Waals surface area contributed by atoms with Gasteiger partial charge in [-0.1, -0.05) is 6.08 Å². The van der Waals surface area contributed by atoms with Gasteiger partial charge in [-0.25, -0.2) is 4.39 Å². The predicted octanol–water partition coefficient (Wildman–Crippen LogP) is 1.09. The van der Waals surface area contributed by atoms with Crippen LogP contribution in [0.1, 0.15) is 19.3 Å². The van der Waals surface area contributed by atoms with Crippen LogP contribution in [0.2, 0.25) is 0 Å². The highest BCUT2D eigenvalue weighted by molar-refractivity contribution is 5.84. The molecule has 2 aliphatic heterocycles. The molecule has 2 atom stereocenters. The second-order valence-corrected chi connectivity index (χ2v) is 4.28. The molecule has 4 heteroatoms. The first kappa shape index (κ1) is 8.95. The Morgan fingerprint density at radius 2 is 2.40 bits per heavy atom. The van der Waals surface area contributed by atoms with Gasteiger partial charge in [-0.2, -0.15) is 0 Å². The number of nitrogens with zero attached hydrogens (tertiary/aromatic N) is 1. The molecule has 15 heavy (non-hydrogen) atoms. The number of piperazine rings is 1. The summed E-state index contributed by atoms with van der Waals surface area (Å²) in [6.45, 7) is 0.811. The molecule has 0 bridgehead atoms. The number of nitrogens with one attached hydrogen (secondary N) is 1. The number of carbonyl (C=O) groups is 1. The standard InChI is InChI=1S/C11H13FN2O/c12-7-3-1-4-8-10(7)14-6-2-5-9(14)11(15)13-8/h1,3,8-9H,2,4-6H2,(H,13,15)/t8-,9+/m0/s1. The second kappa shape index (κ2) is 3.08. The number of fused-ring (bicyclic) bond motifs is 3. The largest absolute Gasteiger partial charge is 0.359 e.